The molecule has 40 heavy (non-hydrogen) atoms. The maximum Gasteiger partial charge on any atom is 0.410 e. The smallest absolute Gasteiger partial charge is 0.410 e. The molecule has 0 saturated carbocycles. The second-order valence-electron chi connectivity index (χ2n) is 12.6. The number of ether oxygens (including phenoxy) is 1. The minimum atomic E-state index is -0.540. The number of nitrogens with one attached hydrogen (secondary N) is 3. The first-order valence-corrected chi connectivity index (χ1v) is 14.5. The van der Waals surface area contributed by atoms with Gasteiger partial charge in [-0.1, -0.05) is 48.6 Å². The zero-order chi connectivity index (χ0) is 28.0. The molecule has 0 radical (unpaired) electrons. The molecule has 1 unspecified atom stereocenters. The normalized spacial score (nSPS) is 26.8. The summed E-state index contributed by atoms with van der Waals surface area (Å²) in [5.74, 6) is 1.77. The average Bonchev–Trinajstić information content (AvgIpc) is 3.74. The van der Waals surface area contributed by atoms with E-state index in [4.69, 9.17) is 14.7 Å². The van der Waals surface area contributed by atoms with E-state index in [2.05, 4.69) is 64.7 Å². The Hall–Kier alpha value is -3.65. The minimum absolute atomic E-state index is 0.137. The van der Waals surface area contributed by atoms with Gasteiger partial charge in [-0.05, 0) is 77.5 Å². The molecule has 2 aliphatic heterocycles. The van der Waals surface area contributed by atoms with Crippen molar-refractivity contribution in [3.8, 4) is 0 Å². The number of hydrogen-bond acceptors (Lipinski definition) is 5. The Morgan fingerprint density at radius 2 is 1.85 bits per heavy atom. The molecule has 1 amide bonds. The molecular weight excluding hydrogens is 500 g/mol. The molecule has 0 spiro atoms. The summed E-state index contributed by atoms with van der Waals surface area (Å²) in [5, 5.41) is 3.63. The van der Waals surface area contributed by atoms with E-state index >= 15 is 0 Å². The van der Waals surface area contributed by atoms with Crippen LogP contribution in [0.15, 0.2) is 61.0 Å². The highest BCUT2D eigenvalue weighted by atomic mass is 16.6. The summed E-state index contributed by atoms with van der Waals surface area (Å²) in [5.41, 5.74) is 3.23. The van der Waals surface area contributed by atoms with Crippen molar-refractivity contribution in [1.82, 2.24) is 30.2 Å². The van der Waals surface area contributed by atoms with E-state index in [-0.39, 0.29) is 17.7 Å². The van der Waals surface area contributed by atoms with Crippen LogP contribution in [0.2, 0.25) is 0 Å². The fourth-order valence-electron chi connectivity index (χ4n) is 6.28. The molecule has 2 saturated heterocycles. The van der Waals surface area contributed by atoms with Gasteiger partial charge in [-0.3, -0.25) is 4.90 Å². The first-order chi connectivity index (χ1) is 19.2. The standard InChI is InChI=1S/C32H40N6O2/c1-30(2,3)40-29(39)38-19-8-12-24(38)27-33-20-25(36-27)32(16-13-23(14-17-32)22-10-6-5-7-11-22)26-21-34-28(37-26)31(4)15-9-18-35-31/h5-7,10-11,13-14,16,20-21,24,35H,8-9,12,15,17-19H2,1-4H3,(H,33,36)(H,34,37)/t24-,31-,32?/m0/s1. The van der Waals surface area contributed by atoms with Crippen molar-refractivity contribution in [2.45, 2.75) is 82.4 Å². The van der Waals surface area contributed by atoms with Gasteiger partial charge in [0, 0.05) is 18.9 Å². The van der Waals surface area contributed by atoms with Crippen LogP contribution in [-0.2, 0) is 15.7 Å². The molecule has 0 bridgehead atoms. The van der Waals surface area contributed by atoms with Gasteiger partial charge < -0.3 is 20.0 Å². The van der Waals surface area contributed by atoms with Gasteiger partial charge >= 0.3 is 6.09 Å². The minimum Gasteiger partial charge on any atom is -0.444 e. The highest BCUT2D eigenvalue weighted by molar-refractivity contribution is 5.76. The van der Waals surface area contributed by atoms with Crippen LogP contribution >= 0.6 is 0 Å². The first kappa shape index (κ1) is 26.6. The number of allylic oxidation sites excluding steroid dienone is 4. The van der Waals surface area contributed by atoms with Crippen molar-refractivity contribution < 1.29 is 9.53 Å². The molecule has 1 aliphatic carbocycles. The second-order valence-corrected chi connectivity index (χ2v) is 12.6. The van der Waals surface area contributed by atoms with Gasteiger partial charge in [0.2, 0.25) is 0 Å². The molecule has 8 heteroatoms. The largest absolute Gasteiger partial charge is 0.444 e. The van der Waals surface area contributed by atoms with Gasteiger partial charge in [0.15, 0.2) is 0 Å². The number of hydrogen-bond donors (Lipinski definition) is 3. The number of carbonyl (C=O) groups is 1. The monoisotopic (exact) mass is 540 g/mol. The summed E-state index contributed by atoms with van der Waals surface area (Å²) in [7, 11) is 0. The topological polar surface area (TPSA) is 98.9 Å². The molecule has 6 rings (SSSR count). The molecular formula is C32H40N6O2. The fourth-order valence-corrected chi connectivity index (χ4v) is 6.28. The Morgan fingerprint density at radius 1 is 1.07 bits per heavy atom. The molecule has 3 atom stereocenters. The van der Waals surface area contributed by atoms with Crippen molar-refractivity contribution in [3.05, 3.63) is 89.6 Å². The Labute approximate surface area is 236 Å². The van der Waals surface area contributed by atoms with Gasteiger partial charge in [-0.15, -0.1) is 0 Å². The number of imidazole rings is 2. The summed E-state index contributed by atoms with van der Waals surface area (Å²) >= 11 is 0. The van der Waals surface area contributed by atoms with E-state index < -0.39 is 11.0 Å². The first-order valence-electron chi connectivity index (χ1n) is 14.5. The lowest BCUT2D eigenvalue weighted by Gasteiger charge is -2.31. The SMILES string of the molecule is CC(C)(C)OC(=O)N1CCC[C@H]1c1ncc(C2(c3cnc([C@]4(C)CCCN4)[nH]3)C=CC(c3ccccc3)=CC2)[nH]1. The number of rotatable bonds is 5. The Kier molecular flexibility index (Phi) is 6.69. The Bertz CT molecular complexity index is 1420. The van der Waals surface area contributed by atoms with Crippen LogP contribution < -0.4 is 5.32 Å². The van der Waals surface area contributed by atoms with Gasteiger partial charge in [0.05, 0.1) is 28.4 Å². The summed E-state index contributed by atoms with van der Waals surface area (Å²) in [6, 6.07) is 10.3. The van der Waals surface area contributed by atoms with Crippen LogP contribution in [0.4, 0.5) is 4.79 Å². The van der Waals surface area contributed by atoms with Gasteiger partial charge in [0.25, 0.3) is 0 Å². The van der Waals surface area contributed by atoms with Gasteiger partial charge in [0.1, 0.15) is 17.2 Å². The zero-order valence-corrected chi connectivity index (χ0v) is 24.0. The average molecular weight is 541 g/mol. The molecule has 8 nitrogen and oxygen atoms in total. The molecule has 2 fully saturated rings. The third-order valence-corrected chi connectivity index (χ3v) is 8.52. The van der Waals surface area contributed by atoms with Crippen molar-refractivity contribution in [2.75, 3.05) is 13.1 Å². The Morgan fingerprint density at radius 3 is 2.55 bits per heavy atom. The summed E-state index contributed by atoms with van der Waals surface area (Å²) in [6.07, 6.45) is 15.1. The van der Waals surface area contributed by atoms with Crippen molar-refractivity contribution >= 4 is 11.7 Å². The van der Waals surface area contributed by atoms with Crippen molar-refractivity contribution in [3.63, 3.8) is 0 Å². The van der Waals surface area contributed by atoms with Crippen LogP contribution in [0.3, 0.4) is 0 Å². The van der Waals surface area contributed by atoms with E-state index in [1.807, 2.05) is 44.1 Å². The molecule has 3 aromatic rings. The van der Waals surface area contributed by atoms with Crippen molar-refractivity contribution in [1.29, 1.82) is 0 Å². The maximum absolute atomic E-state index is 13.0. The molecule has 1 aromatic carbocycles. The van der Waals surface area contributed by atoms with Crippen LogP contribution in [0.1, 0.15) is 94.4 Å². The quantitative estimate of drug-likeness (QED) is 0.361. The van der Waals surface area contributed by atoms with Gasteiger partial charge in [-0.2, -0.15) is 0 Å². The second kappa shape index (κ2) is 10.1. The lowest BCUT2D eigenvalue weighted by Crippen LogP contribution is -2.36. The van der Waals surface area contributed by atoms with Crippen LogP contribution in [0.25, 0.3) is 5.57 Å². The number of aromatic amines is 2. The summed E-state index contributed by atoms with van der Waals surface area (Å²) in [6.45, 7) is 9.59. The molecule has 3 aliphatic rings. The van der Waals surface area contributed by atoms with E-state index in [0.717, 1.165) is 61.7 Å². The van der Waals surface area contributed by atoms with Crippen LogP contribution in [0.5, 0.6) is 0 Å². The number of nitrogens with zero attached hydrogens (tertiary/aromatic N) is 3. The summed E-state index contributed by atoms with van der Waals surface area (Å²) < 4.78 is 5.71. The van der Waals surface area contributed by atoms with E-state index in [1.54, 1.807) is 0 Å². The molecule has 2 aromatic heterocycles. The number of benzene rings is 1. The maximum atomic E-state index is 13.0. The van der Waals surface area contributed by atoms with E-state index in [0.29, 0.717) is 6.54 Å². The number of amides is 1. The number of H-pyrrole nitrogens is 2. The lowest BCUT2D eigenvalue weighted by molar-refractivity contribution is 0.0218. The number of aromatic nitrogens is 4. The predicted molar refractivity (Wildman–Crippen MR) is 156 cm³/mol. The van der Waals surface area contributed by atoms with E-state index in [9.17, 15) is 4.79 Å². The highest BCUT2D eigenvalue weighted by Gasteiger charge is 2.41. The Balaban J connectivity index is 1.35. The summed E-state index contributed by atoms with van der Waals surface area (Å²) in [4.78, 5) is 31.9. The third kappa shape index (κ3) is 4.89. The molecule has 4 heterocycles. The molecule has 210 valence electrons. The fraction of sp³-hybridized carbons (Fsp3) is 0.469. The van der Waals surface area contributed by atoms with Crippen LogP contribution in [0, 0.1) is 0 Å². The highest BCUT2D eigenvalue weighted by Crippen LogP contribution is 2.43. The third-order valence-electron chi connectivity index (χ3n) is 8.52. The predicted octanol–water partition coefficient (Wildman–Crippen LogP) is 6.13. The molecule has 3 N–H and O–H groups in total. The van der Waals surface area contributed by atoms with Gasteiger partial charge in [-0.25, -0.2) is 14.8 Å². The lowest BCUT2D eigenvalue weighted by atomic mass is 9.74. The van der Waals surface area contributed by atoms with Crippen LogP contribution in [-0.4, -0.2) is 49.6 Å². The zero-order valence-electron chi connectivity index (χ0n) is 24.0. The van der Waals surface area contributed by atoms with E-state index in [1.165, 1.54) is 11.1 Å². The number of carbonyl (C=O) groups excluding carboxylic acids is 1. The number of likely N-dealkylation sites (tertiary alicyclic amines) is 1. The van der Waals surface area contributed by atoms with Crippen molar-refractivity contribution in [2.24, 2.45) is 0 Å².